The van der Waals surface area contributed by atoms with E-state index in [4.69, 9.17) is 0 Å². The number of aromatic amines is 2. The SMILES string of the molecule is C.CC(C)(C)c1c[nH]c2cccnc12.CC(C)(C)c1cncc2cc[nH]c12.CC(C)(C)c1cncc2cccnc12.CC(C)(C)c1cnccn1. The van der Waals surface area contributed by atoms with E-state index in [0.29, 0.717) is 0 Å². The Morgan fingerprint density at radius 3 is 1.63 bits per heavy atom. The minimum Gasteiger partial charge on any atom is -0.361 e. The zero-order valence-corrected chi connectivity index (χ0v) is 31.9. The largest absolute Gasteiger partial charge is 0.361 e. The van der Waals surface area contributed by atoms with Gasteiger partial charge in [0.15, 0.2) is 0 Å². The average molecular weight is 687 g/mol. The van der Waals surface area contributed by atoms with Crippen LogP contribution in [0.5, 0.6) is 0 Å². The Labute approximate surface area is 305 Å². The van der Waals surface area contributed by atoms with Crippen LogP contribution in [0.1, 0.15) is 113 Å². The zero-order chi connectivity index (χ0) is 36.7. The fraction of sp³-hybridized carbons (Fsp3) is 0.395. The van der Waals surface area contributed by atoms with E-state index < -0.39 is 0 Å². The van der Waals surface area contributed by atoms with Crippen LogP contribution < -0.4 is 0 Å². The lowest BCUT2D eigenvalue weighted by Gasteiger charge is -2.19. The van der Waals surface area contributed by atoms with Crippen molar-refractivity contribution < 1.29 is 0 Å². The maximum absolute atomic E-state index is 4.41. The Hall–Kier alpha value is -4.98. The Bertz CT molecular complexity index is 2090. The van der Waals surface area contributed by atoms with E-state index in [2.05, 4.69) is 141 Å². The molecule has 7 aromatic rings. The van der Waals surface area contributed by atoms with Crippen LogP contribution in [-0.4, -0.2) is 39.9 Å². The number of hydrogen-bond donors (Lipinski definition) is 2. The highest BCUT2D eigenvalue weighted by molar-refractivity contribution is 5.82. The van der Waals surface area contributed by atoms with E-state index in [-0.39, 0.29) is 29.1 Å². The third-order valence-electron chi connectivity index (χ3n) is 8.17. The maximum Gasteiger partial charge on any atom is 0.0916 e. The number of pyridine rings is 4. The summed E-state index contributed by atoms with van der Waals surface area (Å²) in [5, 5.41) is 2.30. The van der Waals surface area contributed by atoms with Crippen LogP contribution in [0.2, 0.25) is 0 Å². The smallest absolute Gasteiger partial charge is 0.0916 e. The third-order valence-corrected chi connectivity index (χ3v) is 8.17. The monoisotopic (exact) mass is 686 g/mol. The van der Waals surface area contributed by atoms with Crippen LogP contribution in [0.25, 0.3) is 32.8 Å². The summed E-state index contributed by atoms with van der Waals surface area (Å²) in [5.74, 6) is 0. The van der Waals surface area contributed by atoms with Gasteiger partial charge in [0.25, 0.3) is 0 Å². The molecule has 0 radical (unpaired) electrons. The molecule has 7 heterocycles. The van der Waals surface area contributed by atoms with Crippen LogP contribution in [0.3, 0.4) is 0 Å². The van der Waals surface area contributed by atoms with Gasteiger partial charge in [0.2, 0.25) is 0 Å². The molecule has 0 bridgehead atoms. The predicted molar refractivity (Wildman–Crippen MR) is 215 cm³/mol. The highest BCUT2D eigenvalue weighted by atomic mass is 14.8. The quantitative estimate of drug-likeness (QED) is 0.164. The van der Waals surface area contributed by atoms with Gasteiger partial charge < -0.3 is 9.97 Å². The minimum atomic E-state index is 0. The molecule has 7 rings (SSSR count). The van der Waals surface area contributed by atoms with Gasteiger partial charge in [-0.2, -0.15) is 0 Å². The van der Waals surface area contributed by atoms with Crippen molar-refractivity contribution in [1.82, 2.24) is 39.9 Å². The van der Waals surface area contributed by atoms with E-state index in [9.17, 15) is 0 Å². The molecule has 0 amide bonds. The van der Waals surface area contributed by atoms with Crippen LogP contribution in [0.15, 0.2) is 98.5 Å². The molecular weight excluding hydrogens is 629 g/mol. The van der Waals surface area contributed by atoms with Crippen LogP contribution in [0.4, 0.5) is 0 Å². The normalized spacial score (nSPS) is 11.8. The summed E-state index contributed by atoms with van der Waals surface area (Å²) in [5.41, 5.74) is 9.81. The van der Waals surface area contributed by atoms with Crippen molar-refractivity contribution in [3.8, 4) is 0 Å². The summed E-state index contributed by atoms with van der Waals surface area (Å²) < 4.78 is 0. The number of rotatable bonds is 0. The molecule has 270 valence electrons. The first-order valence-corrected chi connectivity index (χ1v) is 17.2. The first-order chi connectivity index (χ1) is 23.4. The van der Waals surface area contributed by atoms with Gasteiger partial charge in [-0.05, 0) is 52.1 Å². The van der Waals surface area contributed by atoms with Crippen molar-refractivity contribution in [1.29, 1.82) is 0 Å². The molecule has 0 saturated heterocycles. The highest BCUT2D eigenvalue weighted by Crippen LogP contribution is 2.29. The van der Waals surface area contributed by atoms with Crippen molar-refractivity contribution in [2.24, 2.45) is 0 Å². The molecule has 0 fully saturated rings. The minimum absolute atomic E-state index is 0. The fourth-order valence-electron chi connectivity index (χ4n) is 5.31. The molecule has 2 N–H and O–H groups in total. The van der Waals surface area contributed by atoms with Gasteiger partial charge in [-0.15, -0.1) is 0 Å². The van der Waals surface area contributed by atoms with Gasteiger partial charge in [0.1, 0.15) is 0 Å². The fourth-order valence-corrected chi connectivity index (χ4v) is 5.31. The molecule has 0 aliphatic rings. The van der Waals surface area contributed by atoms with Gasteiger partial charge in [0.05, 0.1) is 27.8 Å². The molecule has 0 aromatic carbocycles. The van der Waals surface area contributed by atoms with Crippen LogP contribution >= 0.6 is 0 Å². The van der Waals surface area contributed by atoms with Gasteiger partial charge in [0, 0.05) is 95.5 Å². The molecule has 0 aliphatic carbocycles. The van der Waals surface area contributed by atoms with E-state index in [0.717, 1.165) is 27.6 Å². The van der Waals surface area contributed by atoms with Crippen LogP contribution in [0, 0.1) is 0 Å². The van der Waals surface area contributed by atoms with Crippen molar-refractivity contribution in [3.63, 3.8) is 0 Å². The number of aromatic nitrogens is 8. The average Bonchev–Trinajstić information content (AvgIpc) is 3.72. The molecule has 0 spiro atoms. The highest BCUT2D eigenvalue weighted by Gasteiger charge is 2.20. The first-order valence-electron chi connectivity index (χ1n) is 17.2. The van der Waals surface area contributed by atoms with Crippen molar-refractivity contribution >= 4 is 32.8 Å². The lowest BCUT2D eigenvalue weighted by atomic mass is 9.87. The lowest BCUT2D eigenvalue weighted by Crippen LogP contribution is -2.13. The van der Waals surface area contributed by atoms with Gasteiger partial charge in [-0.25, -0.2) is 0 Å². The van der Waals surface area contributed by atoms with Gasteiger partial charge in [-0.1, -0.05) is 90.5 Å². The molecule has 0 aliphatic heterocycles. The van der Waals surface area contributed by atoms with Crippen molar-refractivity contribution in [2.75, 3.05) is 0 Å². The second kappa shape index (κ2) is 16.4. The van der Waals surface area contributed by atoms with E-state index in [1.165, 1.54) is 27.6 Å². The number of nitrogens with one attached hydrogen (secondary N) is 2. The summed E-state index contributed by atoms with van der Waals surface area (Å²) in [6.45, 7) is 26.1. The molecule has 0 unspecified atom stereocenters. The molecule has 7 aromatic heterocycles. The summed E-state index contributed by atoms with van der Waals surface area (Å²) in [6.07, 6.45) is 20.5. The van der Waals surface area contributed by atoms with Crippen molar-refractivity contribution in [3.05, 3.63) is 121 Å². The maximum atomic E-state index is 4.41. The molecular formula is C43H58N8. The lowest BCUT2D eigenvalue weighted by molar-refractivity contribution is 0.565. The Balaban J connectivity index is 0.000000184. The topological polar surface area (TPSA) is 109 Å². The summed E-state index contributed by atoms with van der Waals surface area (Å²) in [7, 11) is 0. The second-order valence-electron chi connectivity index (χ2n) is 16.6. The van der Waals surface area contributed by atoms with Crippen LogP contribution in [-0.2, 0) is 21.7 Å². The third kappa shape index (κ3) is 10.8. The van der Waals surface area contributed by atoms with Crippen molar-refractivity contribution in [2.45, 2.75) is 112 Å². The number of fused-ring (bicyclic) bond motifs is 3. The molecule has 8 heteroatoms. The standard InChI is InChI=1S/C12H14N2.2C11H14N2.C8H12N2.CH4/c1-12(2,3)10-8-13-7-9-5-4-6-14-11(9)10;1-11(2,3)9-7-12-6-8-4-5-13-10(8)9;1-11(2,3)8-7-13-9-5-4-6-12-10(8)9;1-8(2,3)7-6-9-4-5-10-7;/h4-8H,1-3H3;2*4-7,13H,1-3H3;4-6H,1-3H3;1H4. The summed E-state index contributed by atoms with van der Waals surface area (Å²) in [4.78, 5) is 31.9. The van der Waals surface area contributed by atoms with Gasteiger partial charge in [-0.3, -0.25) is 29.9 Å². The predicted octanol–water partition coefficient (Wildman–Crippen LogP) is 11.1. The number of nitrogens with zero attached hydrogens (tertiary/aromatic N) is 6. The van der Waals surface area contributed by atoms with E-state index in [1.807, 2.05) is 61.6 Å². The zero-order valence-electron chi connectivity index (χ0n) is 31.9. The number of H-pyrrole nitrogens is 2. The molecule has 0 atom stereocenters. The Kier molecular flexibility index (Phi) is 13.0. The Morgan fingerprint density at radius 2 is 1.06 bits per heavy atom. The number of hydrogen-bond acceptors (Lipinski definition) is 6. The Morgan fingerprint density at radius 1 is 0.471 bits per heavy atom. The van der Waals surface area contributed by atoms with Gasteiger partial charge >= 0.3 is 0 Å². The first kappa shape index (κ1) is 40.4. The molecule has 8 nitrogen and oxygen atoms in total. The van der Waals surface area contributed by atoms with E-state index in [1.54, 1.807) is 18.6 Å². The molecule has 51 heavy (non-hydrogen) atoms. The summed E-state index contributed by atoms with van der Waals surface area (Å²) >= 11 is 0. The second-order valence-corrected chi connectivity index (χ2v) is 16.6. The van der Waals surface area contributed by atoms with E-state index >= 15 is 0 Å². The summed E-state index contributed by atoms with van der Waals surface area (Å²) in [6, 6.07) is 10.0. The molecule has 0 saturated carbocycles.